The van der Waals surface area contributed by atoms with Crippen LogP contribution in [0.2, 0.25) is 0 Å². The number of aryl methyl sites for hydroxylation is 2. The molecule has 112 valence electrons. The van der Waals surface area contributed by atoms with Gasteiger partial charge in [-0.15, -0.1) is 0 Å². The molecule has 0 amide bonds. The van der Waals surface area contributed by atoms with Crippen molar-refractivity contribution in [1.82, 2.24) is 0 Å². The van der Waals surface area contributed by atoms with Crippen LogP contribution in [0.15, 0.2) is 72.3 Å². The molecule has 22 heavy (non-hydrogen) atoms. The van der Waals surface area contributed by atoms with Gasteiger partial charge in [0.2, 0.25) is 0 Å². The summed E-state index contributed by atoms with van der Waals surface area (Å²) in [6.07, 6.45) is 8.75. The number of allylic oxidation sites excluding steroid dienone is 5. The minimum atomic E-state index is 1.23. The molecule has 0 N–H and O–H groups in total. The molecular weight excluding hydrogens is 264 g/mol. The van der Waals surface area contributed by atoms with Gasteiger partial charge < -0.3 is 0 Å². The Morgan fingerprint density at radius 1 is 0.818 bits per heavy atom. The lowest BCUT2D eigenvalue weighted by molar-refractivity contribution is 1.39. The predicted molar refractivity (Wildman–Crippen MR) is 98.8 cm³/mol. The van der Waals surface area contributed by atoms with Gasteiger partial charge >= 0.3 is 0 Å². The molecule has 0 fully saturated rings. The lowest BCUT2D eigenvalue weighted by atomic mass is 10.0. The van der Waals surface area contributed by atoms with Gasteiger partial charge in [0.25, 0.3) is 0 Å². The maximum Gasteiger partial charge on any atom is -0.0184 e. The van der Waals surface area contributed by atoms with E-state index >= 15 is 0 Å². The quantitative estimate of drug-likeness (QED) is 0.574. The van der Waals surface area contributed by atoms with Crippen LogP contribution in [0.5, 0.6) is 0 Å². The molecule has 0 aliphatic heterocycles. The topological polar surface area (TPSA) is 0 Å². The summed E-state index contributed by atoms with van der Waals surface area (Å²) in [6, 6.07) is 17.1. The van der Waals surface area contributed by atoms with Gasteiger partial charge in [-0.25, -0.2) is 0 Å². The van der Waals surface area contributed by atoms with Crippen LogP contribution in [0.4, 0.5) is 0 Å². The summed E-state index contributed by atoms with van der Waals surface area (Å²) >= 11 is 0. The highest BCUT2D eigenvalue weighted by molar-refractivity contribution is 5.80. The largest absolute Gasteiger partial charge is 0.0764 e. The molecule has 0 bridgehead atoms. The smallest absolute Gasteiger partial charge is 0.0184 e. The van der Waals surface area contributed by atoms with Crippen LogP contribution >= 0.6 is 0 Å². The summed E-state index contributed by atoms with van der Waals surface area (Å²) in [5.74, 6) is 0. The zero-order valence-electron chi connectivity index (χ0n) is 13.9. The first kappa shape index (κ1) is 16.0. The van der Waals surface area contributed by atoms with Crippen LogP contribution in [-0.2, 0) is 0 Å². The summed E-state index contributed by atoms with van der Waals surface area (Å²) in [5.41, 5.74) is 7.61. The van der Waals surface area contributed by atoms with E-state index in [0.29, 0.717) is 0 Å². The first-order valence-corrected chi connectivity index (χ1v) is 7.72. The highest BCUT2D eigenvalue weighted by atomic mass is 14.0. The molecule has 2 aromatic rings. The van der Waals surface area contributed by atoms with Gasteiger partial charge in [-0.1, -0.05) is 84.0 Å². The van der Waals surface area contributed by atoms with Crippen molar-refractivity contribution in [3.63, 3.8) is 0 Å². The van der Waals surface area contributed by atoms with Gasteiger partial charge in [0.05, 0.1) is 0 Å². The van der Waals surface area contributed by atoms with Gasteiger partial charge in [0.15, 0.2) is 0 Å². The van der Waals surface area contributed by atoms with E-state index < -0.39 is 0 Å². The van der Waals surface area contributed by atoms with Gasteiger partial charge in [0, 0.05) is 0 Å². The van der Waals surface area contributed by atoms with E-state index in [1.165, 1.54) is 33.4 Å². The second kappa shape index (κ2) is 7.61. The molecule has 0 saturated heterocycles. The van der Waals surface area contributed by atoms with Gasteiger partial charge in [-0.3, -0.25) is 0 Å². The summed E-state index contributed by atoms with van der Waals surface area (Å²) in [7, 11) is 0. The average Bonchev–Trinajstić information content (AvgIpc) is 2.50. The number of hydrogen-bond donors (Lipinski definition) is 0. The minimum absolute atomic E-state index is 1.23. The van der Waals surface area contributed by atoms with Gasteiger partial charge in [-0.05, 0) is 50.0 Å². The van der Waals surface area contributed by atoms with E-state index in [2.05, 4.69) is 101 Å². The maximum absolute atomic E-state index is 2.20. The van der Waals surface area contributed by atoms with E-state index in [0.717, 1.165) is 0 Å². The fourth-order valence-electron chi connectivity index (χ4n) is 2.20. The molecule has 0 saturated carbocycles. The molecule has 0 aliphatic rings. The Bertz CT molecular complexity index is 706. The summed E-state index contributed by atoms with van der Waals surface area (Å²) in [4.78, 5) is 0. The molecule has 0 aromatic heterocycles. The Hall–Kier alpha value is -2.34. The van der Waals surface area contributed by atoms with E-state index in [9.17, 15) is 0 Å². The normalized spacial score (nSPS) is 11.7. The minimum Gasteiger partial charge on any atom is -0.0764 e. The van der Waals surface area contributed by atoms with E-state index in [1.54, 1.807) is 0 Å². The van der Waals surface area contributed by atoms with Crippen molar-refractivity contribution in [3.05, 3.63) is 94.6 Å². The van der Waals surface area contributed by atoms with E-state index in [-0.39, 0.29) is 0 Å². The molecule has 0 heterocycles. The molecule has 2 rings (SSSR count). The van der Waals surface area contributed by atoms with Crippen LogP contribution in [0.1, 0.15) is 36.1 Å². The van der Waals surface area contributed by atoms with Gasteiger partial charge in [-0.2, -0.15) is 0 Å². The first-order chi connectivity index (χ1) is 10.6. The molecule has 0 atom stereocenters. The van der Waals surface area contributed by atoms with E-state index in [4.69, 9.17) is 0 Å². The van der Waals surface area contributed by atoms with E-state index in [1.807, 2.05) is 0 Å². The number of hydrogen-bond acceptors (Lipinski definition) is 0. The molecule has 0 heteroatoms. The first-order valence-electron chi connectivity index (χ1n) is 7.72. The lowest BCUT2D eigenvalue weighted by Crippen LogP contribution is -1.83. The SMILES string of the molecule is CC(C)=C/C=C(\C=C\c1ccccc1C)c1ccc(C)cc1. The van der Waals surface area contributed by atoms with Crippen LogP contribution in [-0.4, -0.2) is 0 Å². The Morgan fingerprint density at radius 2 is 1.50 bits per heavy atom. The van der Waals surface area contributed by atoms with Crippen LogP contribution in [0.25, 0.3) is 11.6 Å². The van der Waals surface area contributed by atoms with Crippen LogP contribution in [0.3, 0.4) is 0 Å². The van der Waals surface area contributed by atoms with Crippen LogP contribution in [0, 0.1) is 13.8 Å². The zero-order valence-corrected chi connectivity index (χ0v) is 13.9. The molecule has 0 aliphatic carbocycles. The third-order valence-electron chi connectivity index (χ3n) is 3.61. The fourth-order valence-corrected chi connectivity index (χ4v) is 2.20. The fraction of sp³-hybridized carbons (Fsp3) is 0.182. The van der Waals surface area contributed by atoms with Crippen molar-refractivity contribution in [1.29, 1.82) is 0 Å². The van der Waals surface area contributed by atoms with Crippen LogP contribution < -0.4 is 0 Å². The zero-order chi connectivity index (χ0) is 15.9. The number of benzene rings is 2. The van der Waals surface area contributed by atoms with Crippen molar-refractivity contribution in [2.45, 2.75) is 27.7 Å². The summed E-state index contributed by atoms with van der Waals surface area (Å²) in [5, 5.41) is 0. The maximum atomic E-state index is 2.20. The molecular formula is C22H24. The molecule has 0 spiro atoms. The highest BCUT2D eigenvalue weighted by Crippen LogP contribution is 2.20. The molecule has 0 unspecified atom stereocenters. The van der Waals surface area contributed by atoms with Crippen molar-refractivity contribution >= 4 is 11.6 Å². The lowest BCUT2D eigenvalue weighted by Gasteiger charge is -2.04. The van der Waals surface area contributed by atoms with Crippen molar-refractivity contribution < 1.29 is 0 Å². The van der Waals surface area contributed by atoms with Crippen molar-refractivity contribution in [2.75, 3.05) is 0 Å². The van der Waals surface area contributed by atoms with Crippen molar-refractivity contribution in [3.8, 4) is 0 Å². The average molecular weight is 288 g/mol. The molecule has 0 nitrogen and oxygen atoms in total. The second-order valence-corrected chi connectivity index (χ2v) is 5.92. The Morgan fingerprint density at radius 3 is 2.14 bits per heavy atom. The number of rotatable bonds is 4. The molecule has 2 aromatic carbocycles. The Kier molecular flexibility index (Phi) is 5.55. The Labute approximate surface area is 134 Å². The monoisotopic (exact) mass is 288 g/mol. The summed E-state index contributed by atoms with van der Waals surface area (Å²) in [6.45, 7) is 8.50. The highest BCUT2D eigenvalue weighted by Gasteiger charge is 1.98. The third-order valence-corrected chi connectivity index (χ3v) is 3.61. The Balaban J connectivity index is 2.37. The van der Waals surface area contributed by atoms with Crippen molar-refractivity contribution in [2.24, 2.45) is 0 Å². The standard InChI is InChI=1S/C22H24/c1-17(2)9-12-21(22-13-10-18(3)11-14-22)16-15-20-8-6-5-7-19(20)4/h5-16H,1-4H3/b16-15+,21-12+. The second-order valence-electron chi connectivity index (χ2n) is 5.92. The summed E-state index contributed by atoms with van der Waals surface area (Å²) < 4.78 is 0. The molecule has 0 radical (unpaired) electrons. The van der Waals surface area contributed by atoms with Gasteiger partial charge in [0.1, 0.15) is 0 Å². The predicted octanol–water partition coefficient (Wildman–Crippen LogP) is 6.37. The third kappa shape index (κ3) is 4.60.